The molecule has 2 aromatic carbocycles. The maximum atomic E-state index is 13.4. The number of ether oxygens (including phenoxy) is 2. The van der Waals surface area contributed by atoms with E-state index >= 15 is 0 Å². The van der Waals surface area contributed by atoms with Gasteiger partial charge in [0.2, 0.25) is 0 Å². The first-order valence-corrected chi connectivity index (χ1v) is 11.2. The first-order chi connectivity index (χ1) is 16.3. The molecule has 0 saturated heterocycles. The Bertz CT molecular complexity index is 1380. The summed E-state index contributed by atoms with van der Waals surface area (Å²) >= 11 is 12.5. The zero-order valence-corrected chi connectivity index (χ0v) is 20.2. The van der Waals surface area contributed by atoms with Crippen LogP contribution < -0.4 is 4.74 Å². The van der Waals surface area contributed by atoms with Gasteiger partial charge in [-0.05, 0) is 61.9 Å². The lowest BCUT2D eigenvalue weighted by molar-refractivity contribution is -0.147. The number of carbonyl (C=O) groups excluding carboxylic acids is 2. The lowest BCUT2D eigenvalue weighted by Gasteiger charge is -2.15. The van der Waals surface area contributed by atoms with Crippen molar-refractivity contribution in [2.75, 3.05) is 7.11 Å². The van der Waals surface area contributed by atoms with E-state index in [-0.39, 0.29) is 5.78 Å². The molecule has 0 spiro atoms. The zero-order chi connectivity index (χ0) is 24.4. The molecule has 4 aromatic rings. The fourth-order valence-electron chi connectivity index (χ4n) is 3.71. The summed E-state index contributed by atoms with van der Waals surface area (Å²) in [5.41, 5.74) is 3.46. The van der Waals surface area contributed by atoms with Crippen LogP contribution in [0.5, 0.6) is 5.75 Å². The lowest BCUT2D eigenvalue weighted by atomic mass is 10.0. The number of carbonyl (C=O) groups is 2. The molecule has 9 heteroatoms. The van der Waals surface area contributed by atoms with Crippen molar-refractivity contribution in [2.24, 2.45) is 0 Å². The molecule has 1 unspecified atom stereocenters. The van der Waals surface area contributed by atoms with Gasteiger partial charge < -0.3 is 14.0 Å². The first kappa shape index (κ1) is 23.7. The SMILES string of the molecule is COC(=O)C(C)Oc1ccc(Cl)c(Cn2c(C)c(C(=O)c3ccc(Cl)cc3)c3nccnc32)c1. The maximum Gasteiger partial charge on any atom is 0.346 e. The molecular formula is C25H21Cl2N3O4. The van der Waals surface area contributed by atoms with E-state index in [4.69, 9.17) is 32.7 Å². The third-order valence-corrected chi connectivity index (χ3v) is 6.08. The minimum absolute atomic E-state index is 0.173. The lowest BCUT2D eigenvalue weighted by Crippen LogP contribution is -2.24. The van der Waals surface area contributed by atoms with Crippen molar-refractivity contribution in [3.8, 4) is 5.75 Å². The van der Waals surface area contributed by atoms with Gasteiger partial charge in [-0.3, -0.25) is 9.78 Å². The molecule has 0 aliphatic heterocycles. The zero-order valence-electron chi connectivity index (χ0n) is 18.7. The highest BCUT2D eigenvalue weighted by Gasteiger charge is 2.24. The molecule has 34 heavy (non-hydrogen) atoms. The second-order valence-corrected chi connectivity index (χ2v) is 8.49. The topological polar surface area (TPSA) is 83.3 Å². The minimum atomic E-state index is -0.775. The van der Waals surface area contributed by atoms with E-state index < -0.39 is 12.1 Å². The molecule has 2 heterocycles. The Morgan fingerprint density at radius 2 is 1.76 bits per heavy atom. The number of benzene rings is 2. The summed E-state index contributed by atoms with van der Waals surface area (Å²) in [4.78, 5) is 34.0. The van der Waals surface area contributed by atoms with Crippen molar-refractivity contribution in [3.05, 3.63) is 87.3 Å². The van der Waals surface area contributed by atoms with Crippen molar-refractivity contribution in [1.82, 2.24) is 14.5 Å². The first-order valence-electron chi connectivity index (χ1n) is 10.4. The molecular weight excluding hydrogens is 477 g/mol. The standard InChI is InChI=1S/C25H21Cl2N3O4/c1-14-21(23(31)16-4-6-18(26)7-5-16)22-24(29-11-10-28-22)30(14)13-17-12-19(8-9-20(17)27)34-15(2)25(32)33-3/h4-12,15H,13H2,1-3H3. The van der Waals surface area contributed by atoms with Gasteiger partial charge in [0.1, 0.15) is 11.3 Å². The van der Waals surface area contributed by atoms with Crippen molar-refractivity contribution >= 4 is 46.1 Å². The second-order valence-electron chi connectivity index (χ2n) is 7.65. The highest BCUT2D eigenvalue weighted by molar-refractivity contribution is 6.31. The van der Waals surface area contributed by atoms with E-state index in [1.165, 1.54) is 7.11 Å². The van der Waals surface area contributed by atoms with Gasteiger partial charge in [0.05, 0.1) is 19.2 Å². The third-order valence-electron chi connectivity index (χ3n) is 5.46. The predicted octanol–water partition coefficient (Wildman–Crippen LogP) is 5.27. The fraction of sp³-hybridized carbons (Fsp3) is 0.200. The summed E-state index contributed by atoms with van der Waals surface area (Å²) in [6.45, 7) is 3.77. The van der Waals surface area contributed by atoms with E-state index in [1.807, 2.05) is 11.5 Å². The summed E-state index contributed by atoms with van der Waals surface area (Å²) in [7, 11) is 1.30. The molecule has 0 fully saturated rings. The summed E-state index contributed by atoms with van der Waals surface area (Å²) in [5, 5.41) is 1.06. The van der Waals surface area contributed by atoms with Crippen LogP contribution in [0.4, 0.5) is 0 Å². The van der Waals surface area contributed by atoms with Crippen LogP contribution in [0.1, 0.15) is 34.1 Å². The molecule has 0 radical (unpaired) electrons. The minimum Gasteiger partial charge on any atom is -0.479 e. The van der Waals surface area contributed by atoms with Crippen LogP contribution in [-0.4, -0.2) is 39.5 Å². The van der Waals surface area contributed by atoms with Gasteiger partial charge in [-0.1, -0.05) is 23.2 Å². The Kier molecular flexibility index (Phi) is 6.86. The fourth-order valence-corrected chi connectivity index (χ4v) is 4.02. The van der Waals surface area contributed by atoms with E-state index in [1.54, 1.807) is 61.8 Å². The molecule has 0 aliphatic rings. The van der Waals surface area contributed by atoms with Crippen LogP contribution in [0, 0.1) is 6.92 Å². The highest BCUT2D eigenvalue weighted by atomic mass is 35.5. The smallest absolute Gasteiger partial charge is 0.346 e. The molecule has 4 rings (SSSR count). The van der Waals surface area contributed by atoms with E-state index in [0.717, 1.165) is 5.56 Å². The van der Waals surface area contributed by atoms with Crippen molar-refractivity contribution in [3.63, 3.8) is 0 Å². The monoisotopic (exact) mass is 497 g/mol. The van der Waals surface area contributed by atoms with Crippen LogP contribution in [0.15, 0.2) is 54.9 Å². The molecule has 2 aromatic heterocycles. The summed E-state index contributed by atoms with van der Waals surface area (Å²) in [6, 6.07) is 11.9. The van der Waals surface area contributed by atoms with E-state index in [9.17, 15) is 9.59 Å². The number of ketones is 1. The Morgan fingerprint density at radius 1 is 1.06 bits per heavy atom. The number of fused-ring (bicyclic) bond motifs is 1. The van der Waals surface area contributed by atoms with Gasteiger partial charge in [-0.15, -0.1) is 0 Å². The normalized spacial score (nSPS) is 11.9. The van der Waals surface area contributed by atoms with Gasteiger partial charge >= 0.3 is 5.97 Å². The summed E-state index contributed by atoms with van der Waals surface area (Å²) < 4.78 is 12.3. The van der Waals surface area contributed by atoms with E-state index in [2.05, 4.69) is 9.97 Å². The number of hydrogen-bond donors (Lipinski definition) is 0. The molecule has 0 N–H and O–H groups in total. The van der Waals surface area contributed by atoms with Gasteiger partial charge in [0.15, 0.2) is 17.5 Å². The maximum absolute atomic E-state index is 13.4. The number of methoxy groups -OCH3 is 1. The number of rotatable bonds is 7. The molecule has 0 amide bonds. The number of halogens is 2. The average Bonchev–Trinajstić information content (AvgIpc) is 3.11. The molecule has 0 aliphatic carbocycles. The molecule has 7 nitrogen and oxygen atoms in total. The van der Waals surface area contributed by atoms with Crippen LogP contribution in [0.25, 0.3) is 11.2 Å². The van der Waals surface area contributed by atoms with Gasteiger partial charge in [-0.2, -0.15) is 0 Å². The Morgan fingerprint density at radius 3 is 2.47 bits per heavy atom. The third kappa shape index (κ3) is 4.62. The Hall–Kier alpha value is -3.42. The average molecular weight is 498 g/mol. The molecule has 174 valence electrons. The predicted molar refractivity (Wildman–Crippen MR) is 130 cm³/mol. The Balaban J connectivity index is 1.74. The number of aromatic nitrogens is 3. The molecule has 1 atom stereocenters. The van der Waals surface area contributed by atoms with Crippen molar-refractivity contribution < 1.29 is 19.1 Å². The van der Waals surface area contributed by atoms with E-state index in [0.29, 0.717) is 50.3 Å². The number of nitrogens with zero attached hydrogens (tertiary/aromatic N) is 3. The largest absolute Gasteiger partial charge is 0.479 e. The van der Waals surface area contributed by atoms with Gasteiger partial charge in [0.25, 0.3) is 0 Å². The van der Waals surface area contributed by atoms with Crippen LogP contribution >= 0.6 is 23.2 Å². The number of hydrogen-bond acceptors (Lipinski definition) is 6. The van der Waals surface area contributed by atoms with Crippen molar-refractivity contribution in [2.45, 2.75) is 26.5 Å². The highest BCUT2D eigenvalue weighted by Crippen LogP contribution is 2.29. The number of esters is 1. The van der Waals surface area contributed by atoms with Gasteiger partial charge in [0, 0.05) is 33.7 Å². The molecule has 0 saturated carbocycles. The van der Waals surface area contributed by atoms with Crippen LogP contribution in [0.2, 0.25) is 10.0 Å². The summed E-state index contributed by atoms with van der Waals surface area (Å²) in [6.07, 6.45) is 2.36. The Labute approximate surface area is 206 Å². The van der Waals surface area contributed by atoms with Gasteiger partial charge in [-0.25, -0.2) is 9.78 Å². The van der Waals surface area contributed by atoms with Crippen LogP contribution in [-0.2, 0) is 16.1 Å². The summed E-state index contributed by atoms with van der Waals surface area (Å²) in [5.74, 6) is -0.187. The van der Waals surface area contributed by atoms with Crippen molar-refractivity contribution in [1.29, 1.82) is 0 Å². The quantitative estimate of drug-likeness (QED) is 0.255. The second kappa shape index (κ2) is 9.83. The van der Waals surface area contributed by atoms with Crippen LogP contribution in [0.3, 0.4) is 0 Å². The molecule has 0 bridgehead atoms.